The van der Waals surface area contributed by atoms with Crippen LogP contribution in [0, 0.1) is 13.8 Å². The summed E-state index contributed by atoms with van der Waals surface area (Å²) in [5, 5.41) is 3.09. The molecule has 6 heteroatoms. The van der Waals surface area contributed by atoms with Gasteiger partial charge in [0.2, 0.25) is 5.95 Å². The van der Waals surface area contributed by atoms with E-state index < -0.39 is 0 Å². The first-order valence-corrected chi connectivity index (χ1v) is 8.23. The predicted octanol–water partition coefficient (Wildman–Crippen LogP) is 3.32. The van der Waals surface area contributed by atoms with Crippen LogP contribution in [-0.4, -0.2) is 20.1 Å². The highest BCUT2D eigenvalue weighted by Gasteiger charge is 2.28. The zero-order chi connectivity index (χ0) is 17.0. The molecule has 0 saturated carbocycles. The number of para-hydroxylation sites is 2. The molecule has 1 aliphatic rings. The molecular formula is C18H22N6. The fourth-order valence-electron chi connectivity index (χ4n) is 3.78. The van der Waals surface area contributed by atoms with Gasteiger partial charge < -0.3 is 10.3 Å². The number of anilines is 1. The Morgan fingerprint density at radius 3 is 2.67 bits per heavy atom. The minimum absolute atomic E-state index is 0.202. The number of guanidine groups is 1. The van der Waals surface area contributed by atoms with Gasteiger partial charge in [-0.1, -0.05) is 12.1 Å². The van der Waals surface area contributed by atoms with E-state index >= 15 is 0 Å². The first kappa shape index (κ1) is 14.8. The second-order valence-electron chi connectivity index (χ2n) is 6.60. The summed E-state index contributed by atoms with van der Waals surface area (Å²) in [6, 6.07) is 10.7. The summed E-state index contributed by atoms with van der Waals surface area (Å²) in [7, 11) is 0. The van der Waals surface area contributed by atoms with E-state index in [9.17, 15) is 0 Å². The fraction of sp³-hybridized carbons (Fsp3) is 0.333. The number of benzene rings is 1. The van der Waals surface area contributed by atoms with E-state index in [4.69, 9.17) is 5.73 Å². The van der Waals surface area contributed by atoms with E-state index in [1.54, 1.807) is 0 Å². The van der Waals surface area contributed by atoms with Crippen molar-refractivity contribution in [1.29, 1.82) is 0 Å². The summed E-state index contributed by atoms with van der Waals surface area (Å²) in [6.07, 6.45) is -0.202. The Hall–Kier alpha value is -2.76. The molecule has 0 radical (unpaired) electrons. The van der Waals surface area contributed by atoms with Gasteiger partial charge in [-0.2, -0.15) is 0 Å². The molecule has 4 rings (SSSR count). The van der Waals surface area contributed by atoms with Crippen molar-refractivity contribution in [3.63, 3.8) is 0 Å². The van der Waals surface area contributed by atoms with Crippen LogP contribution in [-0.2, 0) is 0 Å². The van der Waals surface area contributed by atoms with Crippen molar-refractivity contribution in [1.82, 2.24) is 14.1 Å². The van der Waals surface area contributed by atoms with Gasteiger partial charge in [0, 0.05) is 23.0 Å². The summed E-state index contributed by atoms with van der Waals surface area (Å²) >= 11 is 0. The zero-order valence-corrected chi connectivity index (χ0v) is 14.4. The van der Waals surface area contributed by atoms with Crippen molar-refractivity contribution < 1.29 is 0 Å². The molecule has 3 aromatic rings. The molecule has 3 N–H and O–H groups in total. The van der Waals surface area contributed by atoms with Crippen molar-refractivity contribution in [2.75, 3.05) is 5.32 Å². The molecule has 0 amide bonds. The highest BCUT2D eigenvalue weighted by Crippen LogP contribution is 2.35. The maximum absolute atomic E-state index is 6.03. The summed E-state index contributed by atoms with van der Waals surface area (Å²) < 4.78 is 4.46. The number of fused-ring (bicyclic) bond motifs is 3. The molecular weight excluding hydrogens is 300 g/mol. The lowest BCUT2D eigenvalue weighted by Crippen LogP contribution is -2.31. The predicted molar refractivity (Wildman–Crippen MR) is 97.4 cm³/mol. The lowest BCUT2D eigenvalue weighted by molar-refractivity contribution is 0.563. The van der Waals surface area contributed by atoms with E-state index in [2.05, 4.69) is 64.3 Å². The van der Waals surface area contributed by atoms with E-state index in [1.165, 1.54) is 11.4 Å². The van der Waals surface area contributed by atoms with Gasteiger partial charge in [-0.25, -0.2) is 9.98 Å². The lowest BCUT2D eigenvalue weighted by Gasteiger charge is -2.24. The Morgan fingerprint density at radius 1 is 1.21 bits per heavy atom. The third-order valence-electron chi connectivity index (χ3n) is 4.66. The van der Waals surface area contributed by atoms with Crippen molar-refractivity contribution >= 4 is 22.9 Å². The highest BCUT2D eigenvalue weighted by atomic mass is 15.4. The van der Waals surface area contributed by atoms with Crippen LogP contribution < -0.4 is 11.1 Å². The molecule has 1 atom stereocenters. The smallest absolute Gasteiger partial charge is 0.212 e. The van der Waals surface area contributed by atoms with Crippen molar-refractivity contribution in [3.05, 3.63) is 47.3 Å². The molecule has 1 aromatic carbocycles. The van der Waals surface area contributed by atoms with Crippen LogP contribution >= 0.6 is 0 Å². The summed E-state index contributed by atoms with van der Waals surface area (Å²) in [6.45, 7) is 8.68. The molecule has 2 aromatic heterocycles. The Kier molecular flexibility index (Phi) is 3.16. The third kappa shape index (κ3) is 2.02. The maximum Gasteiger partial charge on any atom is 0.212 e. The monoisotopic (exact) mass is 322 g/mol. The Labute approximate surface area is 141 Å². The van der Waals surface area contributed by atoms with Crippen LogP contribution in [0.2, 0.25) is 0 Å². The van der Waals surface area contributed by atoms with Crippen LogP contribution in [0.4, 0.5) is 5.95 Å². The molecule has 0 bridgehead atoms. The Bertz CT molecular complexity index is 959. The normalized spacial score (nSPS) is 17.0. The van der Waals surface area contributed by atoms with Crippen LogP contribution in [0.1, 0.15) is 43.0 Å². The number of nitrogens with zero attached hydrogens (tertiary/aromatic N) is 4. The van der Waals surface area contributed by atoms with E-state index in [0.29, 0.717) is 12.0 Å². The van der Waals surface area contributed by atoms with Crippen molar-refractivity contribution in [2.45, 2.75) is 39.9 Å². The lowest BCUT2D eigenvalue weighted by atomic mass is 10.1. The molecule has 124 valence electrons. The number of hydrogen-bond acceptors (Lipinski definition) is 4. The van der Waals surface area contributed by atoms with Crippen molar-refractivity contribution in [3.8, 4) is 0 Å². The number of aliphatic imine (C=N–C) groups is 1. The molecule has 6 nitrogen and oxygen atoms in total. The second kappa shape index (κ2) is 5.12. The van der Waals surface area contributed by atoms with Gasteiger partial charge in [-0.3, -0.25) is 9.88 Å². The maximum atomic E-state index is 6.03. The molecule has 3 heterocycles. The van der Waals surface area contributed by atoms with Gasteiger partial charge in [0.1, 0.15) is 0 Å². The Morgan fingerprint density at radius 2 is 1.96 bits per heavy atom. The number of hydrogen-bond donors (Lipinski definition) is 2. The van der Waals surface area contributed by atoms with Crippen LogP contribution in [0.15, 0.2) is 35.3 Å². The minimum atomic E-state index is -0.202. The second-order valence-corrected chi connectivity index (χ2v) is 6.60. The van der Waals surface area contributed by atoms with Crippen LogP contribution in [0.25, 0.3) is 11.0 Å². The Balaban J connectivity index is 1.96. The molecule has 1 aliphatic heterocycles. The van der Waals surface area contributed by atoms with E-state index in [-0.39, 0.29) is 6.17 Å². The summed E-state index contributed by atoms with van der Waals surface area (Å²) in [4.78, 5) is 9.34. The molecule has 0 unspecified atom stereocenters. The van der Waals surface area contributed by atoms with Gasteiger partial charge >= 0.3 is 0 Å². The van der Waals surface area contributed by atoms with Gasteiger partial charge in [0.05, 0.1) is 11.0 Å². The first-order valence-electron chi connectivity index (χ1n) is 8.23. The topological polar surface area (TPSA) is 73.2 Å². The molecule has 0 aliphatic carbocycles. The van der Waals surface area contributed by atoms with Crippen LogP contribution in [0.3, 0.4) is 0 Å². The number of nitrogens with two attached hydrogens (primary N) is 1. The number of aryl methyl sites for hydroxylation is 1. The highest BCUT2D eigenvalue weighted by molar-refractivity contribution is 5.94. The fourth-order valence-corrected chi connectivity index (χ4v) is 3.78. The molecule has 0 spiro atoms. The molecule has 24 heavy (non-hydrogen) atoms. The molecule has 0 saturated heterocycles. The van der Waals surface area contributed by atoms with Gasteiger partial charge in [0.15, 0.2) is 12.1 Å². The largest absolute Gasteiger partial charge is 0.370 e. The summed E-state index contributed by atoms with van der Waals surface area (Å²) in [5.74, 6) is 1.14. The third-order valence-corrected chi connectivity index (χ3v) is 4.66. The van der Waals surface area contributed by atoms with Gasteiger partial charge in [-0.15, -0.1) is 0 Å². The number of imidazole rings is 1. The summed E-state index contributed by atoms with van der Waals surface area (Å²) in [5.41, 5.74) is 11.6. The molecule has 0 fully saturated rings. The standard InChI is InChI=1S/C18H22N6/c1-10(2)23-11(3)9-13(12(23)4)16-21-17(19)22-18-20-14-7-5-6-8-15(14)24(16)18/h5-10,16H,1-4H3,(H3,19,20,21,22)/t16-/m1/s1. The zero-order valence-electron chi connectivity index (χ0n) is 14.4. The van der Waals surface area contributed by atoms with Crippen LogP contribution in [0.5, 0.6) is 0 Å². The van der Waals surface area contributed by atoms with Gasteiger partial charge in [-0.05, 0) is 45.9 Å². The SMILES string of the molecule is Cc1cc([C@@H]2N=C(N)Nc3nc4ccccc4n32)c(C)n1C(C)C. The van der Waals surface area contributed by atoms with Gasteiger partial charge in [0.25, 0.3) is 0 Å². The number of rotatable bonds is 2. The quantitative estimate of drug-likeness (QED) is 0.760. The average Bonchev–Trinajstić information content (AvgIpc) is 3.03. The number of aromatic nitrogens is 3. The average molecular weight is 322 g/mol. The minimum Gasteiger partial charge on any atom is -0.370 e. The van der Waals surface area contributed by atoms with E-state index in [0.717, 1.165) is 22.5 Å². The van der Waals surface area contributed by atoms with Crippen molar-refractivity contribution in [2.24, 2.45) is 10.7 Å². The number of nitrogens with one attached hydrogen (secondary N) is 1. The first-order chi connectivity index (χ1) is 11.5. The van der Waals surface area contributed by atoms with E-state index in [1.807, 2.05) is 18.2 Å².